The van der Waals surface area contributed by atoms with Crippen LogP contribution in [0.3, 0.4) is 0 Å². The molecule has 1 aliphatic heterocycles. The molecule has 7 heteroatoms. The van der Waals surface area contributed by atoms with Crippen molar-refractivity contribution in [2.45, 2.75) is 18.6 Å². The standard InChI is InChI=1S/C14H12FNO4S/c15-9-2-1-3-11-8(9)5-12(21-11)13(18)16-6-7(17)4-10(16)14(19)20/h1-3,5,7,10,17H,4,6H2,(H,19,20)/t7-,10-/m1/s1. The smallest absolute Gasteiger partial charge is 0.326 e. The number of carbonyl (C=O) groups is 2. The Morgan fingerprint density at radius 1 is 1.38 bits per heavy atom. The largest absolute Gasteiger partial charge is 0.480 e. The van der Waals surface area contributed by atoms with Crippen molar-refractivity contribution >= 4 is 33.3 Å². The monoisotopic (exact) mass is 309 g/mol. The predicted octanol–water partition coefficient (Wildman–Crippen LogP) is 1.70. The topological polar surface area (TPSA) is 77.8 Å². The normalized spacial score (nSPS) is 21.9. The van der Waals surface area contributed by atoms with Crippen molar-refractivity contribution in [1.82, 2.24) is 4.90 Å². The first-order valence-electron chi connectivity index (χ1n) is 6.37. The van der Waals surface area contributed by atoms with E-state index in [4.69, 9.17) is 5.11 Å². The van der Waals surface area contributed by atoms with Crippen LogP contribution in [-0.2, 0) is 4.79 Å². The molecule has 3 rings (SSSR count). The highest BCUT2D eigenvalue weighted by Crippen LogP contribution is 2.30. The average molecular weight is 309 g/mol. The molecular weight excluding hydrogens is 297 g/mol. The van der Waals surface area contributed by atoms with Crippen LogP contribution in [0.1, 0.15) is 16.1 Å². The number of aliphatic carboxylic acids is 1. The molecule has 1 aromatic heterocycles. The van der Waals surface area contributed by atoms with Gasteiger partial charge in [0.15, 0.2) is 0 Å². The number of amides is 1. The number of benzene rings is 1. The fraction of sp³-hybridized carbons (Fsp3) is 0.286. The first-order valence-corrected chi connectivity index (χ1v) is 7.19. The van der Waals surface area contributed by atoms with Crippen LogP contribution in [0, 0.1) is 5.82 Å². The molecule has 1 saturated heterocycles. The number of thiophene rings is 1. The molecule has 2 aromatic rings. The van der Waals surface area contributed by atoms with E-state index in [1.165, 1.54) is 12.1 Å². The SMILES string of the molecule is O=C(O)[C@H]1C[C@@H](O)CN1C(=O)c1cc2c(F)cccc2s1. The maximum absolute atomic E-state index is 13.7. The average Bonchev–Trinajstić information content (AvgIpc) is 3.02. The maximum atomic E-state index is 13.7. The molecule has 0 bridgehead atoms. The molecule has 0 radical (unpaired) electrons. The zero-order valence-corrected chi connectivity index (χ0v) is 11.6. The van der Waals surface area contributed by atoms with Gasteiger partial charge in [0.25, 0.3) is 5.91 Å². The summed E-state index contributed by atoms with van der Waals surface area (Å²) in [6, 6.07) is 4.96. The maximum Gasteiger partial charge on any atom is 0.326 e. The van der Waals surface area contributed by atoms with Gasteiger partial charge in [-0.3, -0.25) is 4.79 Å². The Hall–Kier alpha value is -1.99. The van der Waals surface area contributed by atoms with Gasteiger partial charge in [-0.15, -0.1) is 11.3 Å². The van der Waals surface area contributed by atoms with Gasteiger partial charge in [0, 0.05) is 23.1 Å². The Morgan fingerprint density at radius 2 is 2.14 bits per heavy atom. The van der Waals surface area contributed by atoms with E-state index in [1.54, 1.807) is 12.1 Å². The molecule has 21 heavy (non-hydrogen) atoms. The van der Waals surface area contributed by atoms with E-state index in [1.807, 2.05) is 0 Å². The Bertz CT molecular complexity index is 729. The van der Waals surface area contributed by atoms with Crippen LogP contribution in [0.5, 0.6) is 0 Å². The van der Waals surface area contributed by atoms with E-state index in [-0.39, 0.29) is 17.8 Å². The van der Waals surface area contributed by atoms with E-state index in [0.29, 0.717) is 10.1 Å². The summed E-state index contributed by atoms with van der Waals surface area (Å²) in [5.41, 5.74) is 0. The molecule has 2 atom stereocenters. The highest BCUT2D eigenvalue weighted by molar-refractivity contribution is 7.20. The van der Waals surface area contributed by atoms with Crippen LogP contribution in [0.4, 0.5) is 4.39 Å². The molecule has 5 nitrogen and oxygen atoms in total. The number of carboxylic acid groups (broad SMARTS) is 1. The minimum absolute atomic E-state index is 0.0142. The van der Waals surface area contributed by atoms with Crippen molar-refractivity contribution in [1.29, 1.82) is 0 Å². The molecule has 0 spiro atoms. The molecule has 2 heterocycles. The number of halogens is 1. The van der Waals surface area contributed by atoms with Gasteiger partial charge in [0.1, 0.15) is 11.9 Å². The lowest BCUT2D eigenvalue weighted by atomic mass is 10.2. The third kappa shape index (κ3) is 2.38. The molecule has 0 saturated carbocycles. The molecule has 2 N–H and O–H groups in total. The van der Waals surface area contributed by atoms with E-state index >= 15 is 0 Å². The first kappa shape index (κ1) is 14.0. The number of fused-ring (bicyclic) bond motifs is 1. The number of aliphatic hydroxyl groups is 1. The summed E-state index contributed by atoms with van der Waals surface area (Å²) in [5, 5.41) is 19.0. The van der Waals surface area contributed by atoms with Crippen LogP contribution >= 0.6 is 11.3 Å². The second kappa shape index (κ2) is 5.09. The van der Waals surface area contributed by atoms with Crippen molar-refractivity contribution in [3.8, 4) is 0 Å². The van der Waals surface area contributed by atoms with Crippen molar-refractivity contribution in [2.75, 3.05) is 6.54 Å². The fourth-order valence-electron chi connectivity index (χ4n) is 2.54. The van der Waals surface area contributed by atoms with E-state index in [9.17, 15) is 19.1 Å². The second-order valence-electron chi connectivity index (χ2n) is 4.96. The van der Waals surface area contributed by atoms with Crippen molar-refractivity contribution in [3.63, 3.8) is 0 Å². The van der Waals surface area contributed by atoms with Crippen LogP contribution in [0.15, 0.2) is 24.3 Å². The summed E-state index contributed by atoms with van der Waals surface area (Å²) >= 11 is 1.12. The quantitative estimate of drug-likeness (QED) is 0.885. The number of aliphatic hydroxyl groups excluding tert-OH is 1. The van der Waals surface area contributed by atoms with Gasteiger partial charge < -0.3 is 15.1 Å². The number of β-amino-alcohol motifs (C(OH)–C–C–N with tert-alkyl or cyclic N) is 1. The summed E-state index contributed by atoms with van der Waals surface area (Å²) in [6.45, 7) is -0.0213. The Labute approximate surface area is 123 Å². The molecule has 0 unspecified atom stereocenters. The number of carbonyl (C=O) groups excluding carboxylic acids is 1. The summed E-state index contributed by atoms with van der Waals surface area (Å²) in [4.78, 5) is 25.0. The number of likely N-dealkylation sites (tertiary alicyclic amines) is 1. The van der Waals surface area contributed by atoms with Crippen molar-refractivity contribution in [3.05, 3.63) is 35.0 Å². The highest BCUT2D eigenvalue weighted by Gasteiger charge is 2.39. The molecule has 1 fully saturated rings. The van der Waals surface area contributed by atoms with Crippen LogP contribution in [-0.4, -0.2) is 45.7 Å². The van der Waals surface area contributed by atoms with Gasteiger partial charge in [-0.25, -0.2) is 9.18 Å². The lowest BCUT2D eigenvalue weighted by Gasteiger charge is -2.20. The summed E-state index contributed by atoms with van der Waals surface area (Å²) < 4.78 is 14.3. The van der Waals surface area contributed by atoms with Gasteiger partial charge in [0.2, 0.25) is 0 Å². The van der Waals surface area contributed by atoms with Gasteiger partial charge in [-0.2, -0.15) is 0 Å². The Balaban J connectivity index is 1.96. The summed E-state index contributed by atoms with van der Waals surface area (Å²) in [5.74, 6) is -2.05. The van der Waals surface area contributed by atoms with Gasteiger partial charge in [0.05, 0.1) is 11.0 Å². The third-order valence-corrected chi connectivity index (χ3v) is 4.63. The van der Waals surface area contributed by atoms with E-state index < -0.39 is 29.8 Å². The first-order chi connectivity index (χ1) is 9.97. The minimum atomic E-state index is -1.15. The number of hydrogen-bond donors (Lipinski definition) is 2. The van der Waals surface area contributed by atoms with Gasteiger partial charge in [-0.05, 0) is 18.2 Å². The predicted molar refractivity (Wildman–Crippen MR) is 74.9 cm³/mol. The number of rotatable bonds is 2. The molecular formula is C14H12FNO4S. The number of carboxylic acids is 1. The van der Waals surface area contributed by atoms with Crippen molar-refractivity contribution < 1.29 is 24.2 Å². The highest BCUT2D eigenvalue weighted by atomic mass is 32.1. The Morgan fingerprint density at radius 3 is 2.81 bits per heavy atom. The zero-order chi connectivity index (χ0) is 15.1. The second-order valence-corrected chi connectivity index (χ2v) is 6.05. The summed E-state index contributed by atoms with van der Waals surface area (Å²) in [7, 11) is 0. The fourth-order valence-corrected chi connectivity index (χ4v) is 3.58. The van der Waals surface area contributed by atoms with E-state index in [2.05, 4.69) is 0 Å². The Kier molecular flexibility index (Phi) is 3.38. The van der Waals surface area contributed by atoms with E-state index in [0.717, 1.165) is 16.2 Å². The molecule has 1 aliphatic rings. The number of nitrogens with zero attached hydrogens (tertiary/aromatic N) is 1. The van der Waals surface area contributed by atoms with Crippen molar-refractivity contribution in [2.24, 2.45) is 0 Å². The zero-order valence-electron chi connectivity index (χ0n) is 10.8. The molecule has 110 valence electrons. The van der Waals surface area contributed by atoms with Gasteiger partial charge in [-0.1, -0.05) is 6.07 Å². The minimum Gasteiger partial charge on any atom is -0.480 e. The molecule has 1 aromatic carbocycles. The van der Waals surface area contributed by atoms with Crippen LogP contribution in [0.2, 0.25) is 0 Å². The van der Waals surface area contributed by atoms with Crippen LogP contribution in [0.25, 0.3) is 10.1 Å². The third-order valence-electron chi connectivity index (χ3n) is 3.54. The lowest BCUT2D eigenvalue weighted by Crippen LogP contribution is -2.40. The lowest BCUT2D eigenvalue weighted by molar-refractivity contribution is -0.141. The molecule has 1 amide bonds. The molecule has 0 aliphatic carbocycles. The van der Waals surface area contributed by atoms with Gasteiger partial charge >= 0.3 is 5.97 Å². The van der Waals surface area contributed by atoms with Crippen LogP contribution < -0.4 is 0 Å². The number of hydrogen-bond acceptors (Lipinski definition) is 4. The summed E-state index contributed by atoms with van der Waals surface area (Å²) in [6.07, 6.45) is -0.832.